The minimum absolute atomic E-state index is 0.00497. The van der Waals surface area contributed by atoms with Crippen LogP contribution in [0.25, 0.3) is 0 Å². The SMILES string of the molecule is O=C(Nc1ccc(Nc2ccc3c(c2)OCO3)nn1)c1ccc(F)c(F)c1F. The highest BCUT2D eigenvalue weighted by molar-refractivity contribution is 6.03. The van der Waals surface area contributed by atoms with Crippen LogP contribution in [-0.4, -0.2) is 22.9 Å². The fourth-order valence-electron chi connectivity index (χ4n) is 2.47. The van der Waals surface area contributed by atoms with Crippen molar-refractivity contribution in [2.24, 2.45) is 0 Å². The third-order valence-electron chi connectivity index (χ3n) is 3.83. The molecule has 0 bridgehead atoms. The Morgan fingerprint density at radius 3 is 2.43 bits per heavy atom. The standard InChI is InChI=1S/C18H11F3N4O3/c19-11-3-2-10(16(20)17(11)21)18(26)23-15-6-5-14(24-25-15)22-9-1-4-12-13(7-9)28-8-27-12/h1-7H,8H2,(H,22,24)(H,23,25,26). The van der Waals surface area contributed by atoms with E-state index in [4.69, 9.17) is 9.47 Å². The first-order valence-corrected chi connectivity index (χ1v) is 7.96. The van der Waals surface area contributed by atoms with Gasteiger partial charge in [-0.05, 0) is 36.4 Å². The number of hydrogen-bond acceptors (Lipinski definition) is 6. The molecule has 0 radical (unpaired) electrons. The summed E-state index contributed by atoms with van der Waals surface area (Å²) in [5.41, 5.74) is 0.0301. The van der Waals surface area contributed by atoms with E-state index in [0.29, 0.717) is 29.1 Å². The largest absolute Gasteiger partial charge is 0.454 e. The van der Waals surface area contributed by atoms with Gasteiger partial charge in [0.05, 0.1) is 5.56 Å². The van der Waals surface area contributed by atoms with Gasteiger partial charge in [0, 0.05) is 11.8 Å². The van der Waals surface area contributed by atoms with E-state index in [0.717, 1.165) is 6.07 Å². The number of anilines is 3. The molecule has 3 aromatic rings. The number of nitrogens with one attached hydrogen (secondary N) is 2. The van der Waals surface area contributed by atoms with Gasteiger partial charge in [-0.2, -0.15) is 0 Å². The number of aromatic nitrogens is 2. The smallest absolute Gasteiger partial charge is 0.259 e. The summed E-state index contributed by atoms with van der Waals surface area (Å²) in [6, 6.07) is 9.67. The highest BCUT2D eigenvalue weighted by atomic mass is 19.2. The van der Waals surface area contributed by atoms with Crippen molar-refractivity contribution >= 4 is 23.2 Å². The Labute approximate surface area is 156 Å². The number of halogens is 3. The van der Waals surface area contributed by atoms with Gasteiger partial charge in [0.2, 0.25) is 6.79 Å². The second kappa shape index (κ2) is 7.06. The molecule has 1 aliphatic rings. The van der Waals surface area contributed by atoms with Crippen molar-refractivity contribution in [2.75, 3.05) is 17.4 Å². The topological polar surface area (TPSA) is 85.4 Å². The van der Waals surface area contributed by atoms with Crippen molar-refractivity contribution in [2.45, 2.75) is 0 Å². The van der Waals surface area contributed by atoms with Crippen molar-refractivity contribution in [1.29, 1.82) is 0 Å². The molecule has 4 rings (SSSR count). The van der Waals surface area contributed by atoms with Crippen LogP contribution in [0, 0.1) is 17.5 Å². The Bertz CT molecular complexity index is 1060. The van der Waals surface area contributed by atoms with E-state index in [2.05, 4.69) is 20.8 Å². The summed E-state index contributed by atoms with van der Waals surface area (Å²) < 4.78 is 50.4. The molecule has 2 aromatic carbocycles. The number of rotatable bonds is 4. The lowest BCUT2D eigenvalue weighted by atomic mass is 10.2. The molecule has 0 aliphatic carbocycles. The lowest BCUT2D eigenvalue weighted by Gasteiger charge is -2.08. The van der Waals surface area contributed by atoms with Crippen LogP contribution in [0.4, 0.5) is 30.5 Å². The predicted molar refractivity (Wildman–Crippen MR) is 92.1 cm³/mol. The number of carbonyl (C=O) groups is 1. The number of ether oxygens (including phenoxy) is 2. The molecule has 10 heteroatoms. The van der Waals surface area contributed by atoms with Crippen LogP contribution in [0.2, 0.25) is 0 Å². The Hall–Kier alpha value is -3.82. The summed E-state index contributed by atoms with van der Waals surface area (Å²) in [6.45, 7) is 0.158. The van der Waals surface area contributed by atoms with E-state index in [1.165, 1.54) is 12.1 Å². The molecule has 0 unspecified atom stereocenters. The molecule has 0 fully saturated rings. The number of hydrogen-bond donors (Lipinski definition) is 2. The van der Waals surface area contributed by atoms with Crippen molar-refractivity contribution in [3.8, 4) is 11.5 Å². The molecule has 0 saturated heterocycles. The number of benzene rings is 2. The van der Waals surface area contributed by atoms with E-state index >= 15 is 0 Å². The summed E-state index contributed by atoms with van der Waals surface area (Å²) >= 11 is 0. The minimum atomic E-state index is -1.72. The van der Waals surface area contributed by atoms with Gasteiger partial charge in [0.15, 0.2) is 40.6 Å². The van der Waals surface area contributed by atoms with Crippen molar-refractivity contribution in [3.05, 3.63) is 65.5 Å². The molecule has 0 spiro atoms. The number of fused-ring (bicyclic) bond motifs is 1. The zero-order valence-electron chi connectivity index (χ0n) is 14.0. The van der Waals surface area contributed by atoms with E-state index in [9.17, 15) is 18.0 Å². The maximum absolute atomic E-state index is 13.7. The zero-order chi connectivity index (χ0) is 19.7. The predicted octanol–water partition coefficient (Wildman–Crippen LogP) is 3.62. The number of nitrogens with zero attached hydrogens (tertiary/aromatic N) is 2. The van der Waals surface area contributed by atoms with Gasteiger partial charge >= 0.3 is 0 Å². The Morgan fingerprint density at radius 2 is 1.64 bits per heavy atom. The molecule has 0 atom stereocenters. The maximum atomic E-state index is 13.7. The molecule has 142 valence electrons. The van der Waals surface area contributed by atoms with E-state index in [1.54, 1.807) is 18.2 Å². The van der Waals surface area contributed by atoms with Gasteiger partial charge in [-0.3, -0.25) is 4.79 Å². The van der Waals surface area contributed by atoms with Crippen LogP contribution < -0.4 is 20.1 Å². The lowest BCUT2D eigenvalue weighted by molar-refractivity contribution is 0.102. The first-order valence-electron chi connectivity index (χ1n) is 7.96. The van der Waals surface area contributed by atoms with Crippen LogP contribution >= 0.6 is 0 Å². The normalized spacial score (nSPS) is 12.0. The van der Waals surface area contributed by atoms with Crippen molar-refractivity contribution in [3.63, 3.8) is 0 Å². The average molecular weight is 388 g/mol. The highest BCUT2D eigenvalue weighted by Gasteiger charge is 2.19. The molecule has 7 nitrogen and oxygen atoms in total. The number of amides is 1. The quantitative estimate of drug-likeness (QED) is 0.664. The third-order valence-corrected chi connectivity index (χ3v) is 3.83. The third kappa shape index (κ3) is 3.39. The Kier molecular flexibility index (Phi) is 4.44. The van der Waals surface area contributed by atoms with Crippen LogP contribution in [-0.2, 0) is 0 Å². The van der Waals surface area contributed by atoms with Gasteiger partial charge in [-0.15, -0.1) is 10.2 Å². The molecule has 0 saturated carbocycles. The van der Waals surface area contributed by atoms with Crippen LogP contribution in [0.5, 0.6) is 11.5 Å². The van der Waals surface area contributed by atoms with Crippen molar-refractivity contribution < 1.29 is 27.4 Å². The maximum Gasteiger partial charge on any atom is 0.259 e. The molecular weight excluding hydrogens is 377 g/mol. The van der Waals surface area contributed by atoms with Crippen LogP contribution in [0.1, 0.15) is 10.4 Å². The summed E-state index contributed by atoms with van der Waals surface area (Å²) in [5.74, 6) is -4.06. The highest BCUT2D eigenvalue weighted by Crippen LogP contribution is 2.34. The van der Waals surface area contributed by atoms with Gasteiger partial charge < -0.3 is 20.1 Å². The minimum Gasteiger partial charge on any atom is -0.454 e. The lowest BCUT2D eigenvalue weighted by Crippen LogP contribution is -2.16. The van der Waals surface area contributed by atoms with Gasteiger partial charge in [0.1, 0.15) is 0 Å². The van der Waals surface area contributed by atoms with Gasteiger partial charge in [-0.1, -0.05) is 0 Å². The summed E-state index contributed by atoms with van der Waals surface area (Å²) in [7, 11) is 0. The Balaban J connectivity index is 1.45. The summed E-state index contributed by atoms with van der Waals surface area (Å²) in [5, 5.41) is 12.9. The Morgan fingerprint density at radius 1 is 0.893 bits per heavy atom. The summed E-state index contributed by atoms with van der Waals surface area (Å²) in [4.78, 5) is 12.0. The average Bonchev–Trinajstić information content (AvgIpc) is 3.15. The van der Waals surface area contributed by atoms with Gasteiger partial charge in [-0.25, -0.2) is 13.2 Å². The van der Waals surface area contributed by atoms with Gasteiger partial charge in [0.25, 0.3) is 5.91 Å². The van der Waals surface area contributed by atoms with Crippen LogP contribution in [0.15, 0.2) is 42.5 Å². The fourth-order valence-corrected chi connectivity index (χ4v) is 2.47. The summed E-state index contributed by atoms with van der Waals surface area (Å²) in [6.07, 6.45) is 0. The molecule has 2 N–H and O–H groups in total. The molecule has 28 heavy (non-hydrogen) atoms. The molecular formula is C18H11F3N4O3. The second-order valence-electron chi connectivity index (χ2n) is 5.67. The van der Waals surface area contributed by atoms with Crippen LogP contribution in [0.3, 0.4) is 0 Å². The first kappa shape index (κ1) is 17.6. The molecule has 1 amide bonds. The molecule has 2 heterocycles. The van der Waals surface area contributed by atoms with Crippen molar-refractivity contribution in [1.82, 2.24) is 10.2 Å². The monoisotopic (exact) mass is 388 g/mol. The number of carbonyl (C=O) groups excluding carboxylic acids is 1. The first-order chi connectivity index (χ1) is 13.5. The molecule has 1 aliphatic heterocycles. The van der Waals surface area contributed by atoms with E-state index in [1.807, 2.05) is 0 Å². The second-order valence-corrected chi connectivity index (χ2v) is 5.67. The van der Waals surface area contributed by atoms with E-state index < -0.39 is 28.9 Å². The zero-order valence-corrected chi connectivity index (χ0v) is 14.0. The molecule has 1 aromatic heterocycles. The fraction of sp³-hybridized carbons (Fsp3) is 0.0556. The van der Waals surface area contributed by atoms with E-state index in [-0.39, 0.29) is 12.6 Å².